The monoisotopic (exact) mass is 587 g/mol. The molecular weight excluding hydrogens is 569 g/mol. The molecule has 206 valence electrons. The minimum Gasteiger partial charge on any atom is -0.508 e. The Morgan fingerprint density at radius 2 is 1.38 bits per heavy atom. The molecule has 3 aromatic rings. The van der Waals surface area contributed by atoms with Gasteiger partial charge in [-0.2, -0.15) is 0 Å². The van der Waals surface area contributed by atoms with Crippen LogP contribution in [0, 0.1) is 0 Å². The zero-order chi connectivity index (χ0) is 28.8. The van der Waals surface area contributed by atoms with Gasteiger partial charge >= 0.3 is 11.9 Å². The number of phenols is 2. The van der Waals surface area contributed by atoms with Crippen LogP contribution in [0.5, 0.6) is 23.0 Å². The topological polar surface area (TPSA) is 175 Å². The van der Waals surface area contributed by atoms with Crippen molar-refractivity contribution in [3.05, 3.63) is 81.9 Å². The molecule has 0 saturated heterocycles. The Labute approximate surface area is 235 Å². The van der Waals surface area contributed by atoms with Gasteiger partial charge in [-0.15, -0.1) is 28.3 Å². The number of hydrazine groups is 2. The van der Waals surface area contributed by atoms with Crippen LogP contribution in [0.4, 0.5) is 0 Å². The van der Waals surface area contributed by atoms with Gasteiger partial charge in [-0.25, -0.2) is 9.59 Å². The van der Waals surface area contributed by atoms with Gasteiger partial charge in [-0.1, -0.05) is 6.07 Å². The van der Waals surface area contributed by atoms with E-state index in [2.05, 4.69) is 10.9 Å². The summed E-state index contributed by atoms with van der Waals surface area (Å²) in [6.07, 6.45) is 0. The molecule has 0 bridgehead atoms. The summed E-state index contributed by atoms with van der Waals surface area (Å²) >= 11 is 11.2. The van der Waals surface area contributed by atoms with Crippen LogP contribution >= 0.6 is 23.2 Å². The van der Waals surface area contributed by atoms with Crippen LogP contribution < -0.4 is 15.6 Å². The standard InChI is InChI=1S/C26H19Cl2N3O9/c27-9-21(34)29-31(30-22(35)10-28)11-15-14(24(36)37)3-6-18-23(15)25(38)40-26(18)16-4-1-12(32)7-19(16)39-20-8-13(33)2-5-17(20)26/h1-8,32-33H,9-11H2,(H,29,34)(H,30,35)(H,36,37). The lowest BCUT2D eigenvalue weighted by Gasteiger charge is -2.36. The number of nitrogens with one attached hydrogen (secondary N) is 2. The summed E-state index contributed by atoms with van der Waals surface area (Å²) in [5.74, 6) is -4.72. The number of aromatic hydroxyl groups is 2. The number of alkyl halides is 2. The average Bonchev–Trinajstić information content (AvgIpc) is 3.20. The van der Waals surface area contributed by atoms with Crippen LogP contribution in [0.15, 0.2) is 48.5 Å². The summed E-state index contributed by atoms with van der Waals surface area (Å²) in [6.45, 7) is -0.497. The summed E-state index contributed by atoms with van der Waals surface area (Å²) < 4.78 is 12.0. The van der Waals surface area contributed by atoms with Gasteiger partial charge in [-0.3, -0.25) is 20.4 Å². The number of amides is 2. The van der Waals surface area contributed by atoms with Crippen molar-refractivity contribution in [3.63, 3.8) is 0 Å². The molecule has 0 atom stereocenters. The van der Waals surface area contributed by atoms with E-state index in [0.29, 0.717) is 11.1 Å². The number of carbonyl (C=O) groups is 4. The van der Waals surface area contributed by atoms with Crippen molar-refractivity contribution >= 4 is 47.0 Å². The lowest BCUT2D eigenvalue weighted by Crippen LogP contribution is -2.53. The number of carboxylic acids is 1. The van der Waals surface area contributed by atoms with E-state index < -0.39 is 47.7 Å². The van der Waals surface area contributed by atoms with Crippen LogP contribution in [0.25, 0.3) is 0 Å². The molecule has 1 spiro atoms. The first-order valence-corrected chi connectivity index (χ1v) is 12.6. The summed E-state index contributed by atoms with van der Waals surface area (Å²) in [5, 5.41) is 31.0. The lowest BCUT2D eigenvalue weighted by atomic mass is 9.76. The molecule has 2 amide bonds. The van der Waals surface area contributed by atoms with Crippen molar-refractivity contribution in [2.45, 2.75) is 12.1 Å². The van der Waals surface area contributed by atoms with Crippen molar-refractivity contribution < 1.29 is 44.0 Å². The summed E-state index contributed by atoms with van der Waals surface area (Å²) in [7, 11) is 0. The second-order valence-corrected chi connectivity index (χ2v) is 9.31. The number of phenolic OH excluding ortho intramolecular Hbond substituents is 2. The molecule has 12 nitrogen and oxygen atoms in total. The van der Waals surface area contributed by atoms with Crippen LogP contribution in [-0.2, 0) is 26.5 Å². The Bertz CT molecular complexity index is 1520. The minimum atomic E-state index is -1.66. The smallest absolute Gasteiger partial charge is 0.340 e. The molecule has 40 heavy (non-hydrogen) atoms. The third-order valence-corrected chi connectivity index (χ3v) is 6.85. The van der Waals surface area contributed by atoms with Gasteiger partial charge in [-0.05, 0) is 35.9 Å². The fourth-order valence-corrected chi connectivity index (χ4v) is 4.97. The van der Waals surface area contributed by atoms with Crippen molar-refractivity contribution in [1.29, 1.82) is 0 Å². The summed E-state index contributed by atoms with van der Waals surface area (Å²) in [6, 6.07) is 11.1. The molecule has 3 aromatic carbocycles. The van der Waals surface area contributed by atoms with E-state index in [1.807, 2.05) is 0 Å². The SMILES string of the molecule is O=C(CCl)NN(Cc1c(C(=O)O)ccc2c1C(=O)OC21c2ccc(O)cc2Oc2cc(O)ccc21)NC(=O)CCl. The highest BCUT2D eigenvalue weighted by molar-refractivity contribution is 6.27. The molecule has 0 saturated carbocycles. The third kappa shape index (κ3) is 4.41. The molecule has 5 N–H and O–H groups in total. The molecule has 14 heteroatoms. The van der Waals surface area contributed by atoms with E-state index in [9.17, 15) is 34.5 Å². The molecule has 0 aliphatic carbocycles. The number of carboxylic acid groups (broad SMARTS) is 1. The maximum Gasteiger partial charge on any atom is 0.340 e. The van der Waals surface area contributed by atoms with Gasteiger partial charge in [0.2, 0.25) is 0 Å². The van der Waals surface area contributed by atoms with Crippen LogP contribution in [0.3, 0.4) is 0 Å². The van der Waals surface area contributed by atoms with Crippen LogP contribution in [0.1, 0.15) is 43.0 Å². The molecular formula is C26H19Cl2N3O9. The van der Waals surface area contributed by atoms with Crippen LogP contribution in [0.2, 0.25) is 0 Å². The molecule has 0 radical (unpaired) electrons. The zero-order valence-electron chi connectivity index (χ0n) is 20.2. The maximum atomic E-state index is 13.6. The van der Waals surface area contributed by atoms with Gasteiger partial charge in [0.15, 0.2) is 5.60 Å². The van der Waals surface area contributed by atoms with E-state index >= 15 is 0 Å². The Kier molecular flexibility index (Phi) is 6.92. The third-order valence-electron chi connectivity index (χ3n) is 6.36. The van der Waals surface area contributed by atoms with Gasteiger partial charge < -0.3 is 24.8 Å². The number of benzene rings is 3. The number of aromatic carboxylic acids is 1. The van der Waals surface area contributed by atoms with Gasteiger partial charge in [0, 0.05) is 28.8 Å². The van der Waals surface area contributed by atoms with Crippen molar-refractivity contribution in [2.75, 3.05) is 11.8 Å². The number of hydrogen-bond acceptors (Lipinski definition) is 9. The Morgan fingerprint density at radius 1 is 0.850 bits per heavy atom. The van der Waals surface area contributed by atoms with E-state index in [1.54, 1.807) is 0 Å². The fraction of sp³-hybridized carbons (Fsp3) is 0.154. The van der Waals surface area contributed by atoms with Crippen molar-refractivity contribution in [2.24, 2.45) is 0 Å². The lowest BCUT2D eigenvalue weighted by molar-refractivity contribution is -0.131. The molecule has 0 fully saturated rings. The highest BCUT2D eigenvalue weighted by atomic mass is 35.5. The highest BCUT2D eigenvalue weighted by Crippen LogP contribution is 2.57. The number of halogens is 2. The number of fused-ring (bicyclic) bond motifs is 6. The largest absolute Gasteiger partial charge is 0.508 e. The maximum absolute atomic E-state index is 13.6. The first kappa shape index (κ1) is 27.1. The zero-order valence-corrected chi connectivity index (χ0v) is 21.7. The molecule has 0 aromatic heterocycles. The van der Waals surface area contributed by atoms with Crippen LogP contribution in [-0.4, -0.2) is 56.0 Å². The van der Waals surface area contributed by atoms with Gasteiger partial charge in [0.1, 0.15) is 34.8 Å². The Balaban J connectivity index is 1.75. The minimum absolute atomic E-state index is 0.0937. The number of rotatable bonds is 7. The van der Waals surface area contributed by atoms with Crippen molar-refractivity contribution in [3.8, 4) is 23.0 Å². The molecule has 5 rings (SSSR count). The van der Waals surface area contributed by atoms with E-state index in [0.717, 1.165) is 5.12 Å². The number of nitrogens with zero attached hydrogens (tertiary/aromatic N) is 1. The van der Waals surface area contributed by atoms with Gasteiger partial charge in [0.05, 0.1) is 17.7 Å². The molecule has 2 aliphatic heterocycles. The molecule has 2 heterocycles. The first-order chi connectivity index (χ1) is 19.1. The normalized spacial score (nSPS) is 14.0. The Morgan fingerprint density at radius 3 is 1.88 bits per heavy atom. The summed E-state index contributed by atoms with van der Waals surface area (Å²) in [5.41, 5.74) is 3.33. The number of esters is 1. The Hall–Kier alpha value is -4.52. The number of hydrogen-bond donors (Lipinski definition) is 5. The average molecular weight is 588 g/mol. The van der Waals surface area contributed by atoms with Crippen molar-refractivity contribution in [1.82, 2.24) is 16.0 Å². The number of ether oxygens (including phenoxy) is 2. The predicted molar refractivity (Wildman–Crippen MR) is 138 cm³/mol. The molecule has 2 aliphatic rings. The predicted octanol–water partition coefficient (Wildman–Crippen LogP) is 2.71. The highest BCUT2D eigenvalue weighted by Gasteiger charge is 2.55. The van der Waals surface area contributed by atoms with E-state index in [-0.39, 0.29) is 45.3 Å². The quantitative estimate of drug-likeness (QED) is 0.157. The number of carbonyl (C=O) groups excluding carboxylic acids is 3. The first-order valence-electron chi connectivity index (χ1n) is 11.5. The van der Waals surface area contributed by atoms with E-state index in [1.165, 1.54) is 48.5 Å². The second kappa shape index (κ2) is 10.2. The summed E-state index contributed by atoms with van der Waals surface area (Å²) in [4.78, 5) is 50.0. The second-order valence-electron chi connectivity index (χ2n) is 8.78. The fourth-order valence-electron chi connectivity index (χ4n) is 4.85. The molecule has 0 unspecified atom stereocenters. The van der Waals surface area contributed by atoms with Gasteiger partial charge in [0.25, 0.3) is 11.8 Å². The van der Waals surface area contributed by atoms with E-state index in [4.69, 9.17) is 32.7 Å².